The van der Waals surface area contributed by atoms with Crippen LogP contribution in [0.15, 0.2) is 36.4 Å². The summed E-state index contributed by atoms with van der Waals surface area (Å²) in [6, 6.07) is 11.0. The normalized spacial score (nSPS) is 9.95. The molecule has 5 heteroatoms. The number of hydrogen-bond acceptors (Lipinski definition) is 4. The van der Waals surface area contributed by atoms with Gasteiger partial charge in [-0.3, -0.25) is 4.79 Å². The maximum absolute atomic E-state index is 13.9. The van der Waals surface area contributed by atoms with Gasteiger partial charge in [-0.2, -0.15) is 5.26 Å². The Morgan fingerprint density at radius 2 is 2.14 bits per heavy atom. The van der Waals surface area contributed by atoms with E-state index in [0.29, 0.717) is 17.0 Å². The molecular formula is C16H13FN2O2. The van der Waals surface area contributed by atoms with Gasteiger partial charge in [0.15, 0.2) is 5.78 Å². The maximum atomic E-state index is 13.9. The van der Waals surface area contributed by atoms with Crippen molar-refractivity contribution in [1.82, 2.24) is 0 Å². The molecule has 106 valence electrons. The molecular weight excluding hydrogens is 271 g/mol. The fraction of sp³-hybridized carbons (Fsp3) is 0.125. The second kappa shape index (κ2) is 6.06. The zero-order valence-electron chi connectivity index (χ0n) is 11.4. The number of nitrogen functional groups attached to an aromatic ring is 1. The summed E-state index contributed by atoms with van der Waals surface area (Å²) in [5, 5.41) is 8.79. The highest BCUT2D eigenvalue weighted by Crippen LogP contribution is 2.23. The van der Waals surface area contributed by atoms with Crippen LogP contribution < -0.4 is 10.5 Å². The van der Waals surface area contributed by atoms with E-state index in [1.54, 1.807) is 24.3 Å². The minimum Gasteiger partial charge on any atom is -0.488 e. The van der Waals surface area contributed by atoms with Crippen molar-refractivity contribution in [2.75, 3.05) is 5.73 Å². The van der Waals surface area contributed by atoms with E-state index in [-0.39, 0.29) is 23.5 Å². The highest BCUT2D eigenvalue weighted by molar-refractivity contribution is 5.97. The average molecular weight is 284 g/mol. The number of benzene rings is 2. The third kappa shape index (κ3) is 3.18. The third-order valence-electron chi connectivity index (χ3n) is 2.97. The van der Waals surface area contributed by atoms with Crippen molar-refractivity contribution in [1.29, 1.82) is 5.26 Å². The molecule has 0 aliphatic carbocycles. The van der Waals surface area contributed by atoms with Gasteiger partial charge in [0.2, 0.25) is 0 Å². The summed E-state index contributed by atoms with van der Waals surface area (Å²) in [6.07, 6.45) is 0. The number of ketones is 1. The predicted octanol–water partition coefficient (Wildman–Crippen LogP) is 3.06. The molecule has 0 aliphatic heterocycles. The summed E-state index contributed by atoms with van der Waals surface area (Å²) in [5.41, 5.74) is 6.63. The van der Waals surface area contributed by atoms with E-state index in [9.17, 15) is 9.18 Å². The van der Waals surface area contributed by atoms with Crippen LogP contribution in [0.3, 0.4) is 0 Å². The molecule has 0 fully saturated rings. The van der Waals surface area contributed by atoms with Crippen LogP contribution in [-0.2, 0) is 6.61 Å². The predicted molar refractivity (Wildman–Crippen MR) is 76.3 cm³/mol. The highest BCUT2D eigenvalue weighted by Gasteiger charge is 2.12. The number of nitrogens with zero attached hydrogens (tertiary/aromatic N) is 1. The summed E-state index contributed by atoms with van der Waals surface area (Å²) in [7, 11) is 0. The first kappa shape index (κ1) is 14.5. The molecule has 21 heavy (non-hydrogen) atoms. The summed E-state index contributed by atoms with van der Waals surface area (Å²) < 4.78 is 19.4. The first-order valence-corrected chi connectivity index (χ1v) is 6.23. The molecule has 0 aromatic heterocycles. The molecule has 0 radical (unpaired) electrons. The van der Waals surface area contributed by atoms with Crippen LogP contribution in [-0.4, -0.2) is 5.78 Å². The number of halogens is 1. The Hall–Kier alpha value is -2.87. The summed E-state index contributed by atoms with van der Waals surface area (Å²) >= 11 is 0. The lowest BCUT2D eigenvalue weighted by Gasteiger charge is -2.11. The average Bonchev–Trinajstić information content (AvgIpc) is 2.47. The van der Waals surface area contributed by atoms with Crippen molar-refractivity contribution in [2.45, 2.75) is 13.5 Å². The van der Waals surface area contributed by atoms with Crippen molar-refractivity contribution >= 4 is 11.5 Å². The molecule has 0 amide bonds. The number of hydrogen-bond donors (Lipinski definition) is 1. The van der Waals surface area contributed by atoms with E-state index >= 15 is 0 Å². The fourth-order valence-electron chi connectivity index (χ4n) is 1.88. The van der Waals surface area contributed by atoms with Gasteiger partial charge in [-0.15, -0.1) is 0 Å². The SMILES string of the molecule is CC(=O)c1cc(N)ccc1OCc1cccc(C#N)c1F. The molecule has 0 atom stereocenters. The maximum Gasteiger partial charge on any atom is 0.163 e. The Labute approximate surface area is 121 Å². The second-order valence-electron chi connectivity index (χ2n) is 4.49. The molecule has 2 N–H and O–H groups in total. The molecule has 2 rings (SSSR count). The van der Waals surface area contributed by atoms with E-state index in [4.69, 9.17) is 15.7 Å². The Morgan fingerprint density at radius 3 is 2.81 bits per heavy atom. The van der Waals surface area contributed by atoms with Crippen LogP contribution in [0.1, 0.15) is 28.4 Å². The number of rotatable bonds is 4. The number of Topliss-reactive ketones (excluding diaryl/α,β-unsaturated/α-hetero) is 1. The van der Waals surface area contributed by atoms with E-state index in [2.05, 4.69) is 0 Å². The van der Waals surface area contributed by atoms with E-state index in [1.807, 2.05) is 0 Å². The summed E-state index contributed by atoms with van der Waals surface area (Å²) in [4.78, 5) is 11.5. The zero-order valence-corrected chi connectivity index (χ0v) is 11.4. The van der Waals surface area contributed by atoms with Gasteiger partial charge in [-0.05, 0) is 31.2 Å². The lowest BCUT2D eigenvalue weighted by Crippen LogP contribution is -2.04. The Kier molecular flexibility index (Phi) is 4.19. The van der Waals surface area contributed by atoms with Gasteiger partial charge in [0.05, 0.1) is 11.1 Å². The molecule has 2 aromatic rings. The number of ether oxygens (including phenoxy) is 1. The lowest BCUT2D eigenvalue weighted by atomic mass is 10.1. The van der Waals surface area contributed by atoms with Crippen LogP contribution in [0.5, 0.6) is 5.75 Å². The molecule has 0 unspecified atom stereocenters. The summed E-state index contributed by atoms with van der Waals surface area (Å²) in [5.74, 6) is -0.471. The van der Waals surface area contributed by atoms with E-state index < -0.39 is 5.82 Å². The Bertz CT molecular complexity index is 736. The molecule has 0 aliphatic rings. The molecule has 0 saturated carbocycles. The molecule has 0 heterocycles. The van der Waals surface area contributed by atoms with Crippen molar-refractivity contribution in [3.63, 3.8) is 0 Å². The first-order chi connectivity index (χ1) is 10.0. The zero-order chi connectivity index (χ0) is 15.4. The lowest BCUT2D eigenvalue weighted by molar-refractivity contribution is 0.101. The van der Waals surface area contributed by atoms with Crippen LogP contribution in [0, 0.1) is 17.1 Å². The quantitative estimate of drug-likeness (QED) is 0.691. The summed E-state index contributed by atoms with van der Waals surface area (Å²) in [6.45, 7) is 1.32. The standard InChI is InChI=1S/C16H13FN2O2/c1-10(20)14-7-13(19)5-6-15(14)21-9-12-4-2-3-11(8-18)16(12)17/h2-7H,9,19H2,1H3. The number of carbonyl (C=O) groups excluding carboxylic acids is 1. The minimum absolute atomic E-state index is 0.0415. The molecule has 0 saturated heterocycles. The van der Waals surface area contributed by atoms with Crippen molar-refractivity contribution in [3.05, 3.63) is 58.9 Å². The number of anilines is 1. The van der Waals surface area contributed by atoms with E-state index in [1.165, 1.54) is 25.1 Å². The fourth-order valence-corrected chi connectivity index (χ4v) is 1.88. The number of nitrogens with two attached hydrogens (primary N) is 1. The second-order valence-corrected chi connectivity index (χ2v) is 4.49. The Balaban J connectivity index is 2.25. The van der Waals surface area contributed by atoms with Gasteiger partial charge < -0.3 is 10.5 Å². The third-order valence-corrected chi connectivity index (χ3v) is 2.97. The van der Waals surface area contributed by atoms with Gasteiger partial charge >= 0.3 is 0 Å². The minimum atomic E-state index is -0.611. The van der Waals surface area contributed by atoms with Crippen molar-refractivity contribution in [2.24, 2.45) is 0 Å². The van der Waals surface area contributed by atoms with Crippen molar-refractivity contribution < 1.29 is 13.9 Å². The smallest absolute Gasteiger partial charge is 0.163 e. The van der Waals surface area contributed by atoms with Crippen molar-refractivity contribution in [3.8, 4) is 11.8 Å². The van der Waals surface area contributed by atoms with Gasteiger partial charge in [-0.1, -0.05) is 12.1 Å². The van der Waals surface area contributed by atoms with Crippen LogP contribution in [0.25, 0.3) is 0 Å². The number of carbonyl (C=O) groups is 1. The topological polar surface area (TPSA) is 76.1 Å². The highest BCUT2D eigenvalue weighted by atomic mass is 19.1. The molecule has 2 aromatic carbocycles. The largest absolute Gasteiger partial charge is 0.488 e. The van der Waals surface area contributed by atoms with Crippen LogP contribution in [0.4, 0.5) is 10.1 Å². The molecule has 0 bridgehead atoms. The molecule has 0 spiro atoms. The van der Waals surface area contributed by atoms with Gasteiger partial charge in [0, 0.05) is 11.3 Å². The van der Waals surface area contributed by atoms with Gasteiger partial charge in [0.1, 0.15) is 24.2 Å². The van der Waals surface area contributed by atoms with Gasteiger partial charge in [0.25, 0.3) is 0 Å². The van der Waals surface area contributed by atoms with Gasteiger partial charge in [-0.25, -0.2) is 4.39 Å². The van der Waals surface area contributed by atoms with Crippen LogP contribution >= 0.6 is 0 Å². The van der Waals surface area contributed by atoms with Crippen LogP contribution in [0.2, 0.25) is 0 Å². The first-order valence-electron chi connectivity index (χ1n) is 6.23. The Morgan fingerprint density at radius 1 is 1.38 bits per heavy atom. The monoisotopic (exact) mass is 284 g/mol. The van der Waals surface area contributed by atoms with E-state index in [0.717, 1.165) is 0 Å². The molecule has 4 nitrogen and oxygen atoms in total. The number of nitriles is 1.